The highest BCUT2D eigenvalue weighted by Crippen LogP contribution is 2.23. The van der Waals surface area contributed by atoms with Gasteiger partial charge in [0.2, 0.25) is 0 Å². The maximum atomic E-state index is 10.6. The van der Waals surface area contributed by atoms with Gasteiger partial charge in [-0.05, 0) is 6.07 Å². The lowest BCUT2D eigenvalue weighted by Gasteiger charge is -2.12. The summed E-state index contributed by atoms with van der Waals surface area (Å²) in [6, 6.07) is 4.00. The standard InChI is InChI=1S/C11H13N3O5/c1-18-6-7(5-15)12-11-13-9-3-2-8(14(16)17)4-10(9)19-11/h2-4,7,15H,5-6H2,1H3,(H,12,13). The van der Waals surface area contributed by atoms with Gasteiger partial charge in [0.05, 0.1) is 30.2 Å². The van der Waals surface area contributed by atoms with Gasteiger partial charge in [0, 0.05) is 13.2 Å². The number of nitrogens with one attached hydrogen (secondary N) is 1. The number of oxazole rings is 1. The van der Waals surface area contributed by atoms with Gasteiger partial charge in [-0.15, -0.1) is 0 Å². The van der Waals surface area contributed by atoms with Crippen molar-refractivity contribution in [2.24, 2.45) is 0 Å². The van der Waals surface area contributed by atoms with Crippen molar-refractivity contribution in [2.45, 2.75) is 6.04 Å². The molecule has 0 fully saturated rings. The van der Waals surface area contributed by atoms with Gasteiger partial charge < -0.3 is 19.6 Å². The average Bonchev–Trinajstić information content (AvgIpc) is 2.79. The molecule has 0 bridgehead atoms. The number of nitrogens with zero attached hydrogens (tertiary/aromatic N) is 2. The maximum Gasteiger partial charge on any atom is 0.296 e. The molecule has 1 heterocycles. The zero-order chi connectivity index (χ0) is 13.8. The summed E-state index contributed by atoms with van der Waals surface area (Å²) < 4.78 is 10.3. The molecule has 0 spiro atoms. The largest absolute Gasteiger partial charge is 0.423 e. The quantitative estimate of drug-likeness (QED) is 0.596. The van der Waals surface area contributed by atoms with Crippen LogP contribution in [-0.4, -0.2) is 41.4 Å². The minimum atomic E-state index is -0.503. The van der Waals surface area contributed by atoms with E-state index >= 15 is 0 Å². The molecule has 2 aromatic rings. The number of aliphatic hydroxyl groups is 1. The number of anilines is 1. The first-order valence-electron chi connectivity index (χ1n) is 5.55. The van der Waals surface area contributed by atoms with Crippen LogP contribution in [0.3, 0.4) is 0 Å². The van der Waals surface area contributed by atoms with Crippen molar-refractivity contribution in [3.63, 3.8) is 0 Å². The molecule has 2 rings (SSSR count). The molecule has 0 amide bonds. The summed E-state index contributed by atoms with van der Waals surface area (Å²) >= 11 is 0. The molecule has 2 N–H and O–H groups in total. The molecule has 102 valence electrons. The average molecular weight is 267 g/mol. The van der Waals surface area contributed by atoms with Crippen LogP contribution in [0.25, 0.3) is 11.1 Å². The Labute approximate surface area is 108 Å². The zero-order valence-corrected chi connectivity index (χ0v) is 10.2. The van der Waals surface area contributed by atoms with E-state index in [-0.39, 0.29) is 31.0 Å². The molecule has 1 atom stereocenters. The number of hydrogen-bond acceptors (Lipinski definition) is 7. The Morgan fingerprint density at radius 1 is 1.63 bits per heavy atom. The third kappa shape index (κ3) is 2.98. The summed E-state index contributed by atoms with van der Waals surface area (Å²) in [4.78, 5) is 14.3. The lowest BCUT2D eigenvalue weighted by atomic mass is 10.3. The number of nitro benzene ring substituents is 1. The van der Waals surface area contributed by atoms with Crippen molar-refractivity contribution < 1.29 is 19.2 Å². The fourth-order valence-corrected chi connectivity index (χ4v) is 1.60. The van der Waals surface area contributed by atoms with E-state index in [0.717, 1.165) is 0 Å². The molecule has 0 radical (unpaired) electrons. The second-order valence-corrected chi connectivity index (χ2v) is 3.91. The Bertz CT molecular complexity index is 583. The van der Waals surface area contributed by atoms with Crippen molar-refractivity contribution in [3.8, 4) is 0 Å². The number of ether oxygens (including phenoxy) is 1. The molecule has 1 unspecified atom stereocenters. The summed E-state index contributed by atoms with van der Waals surface area (Å²) in [5, 5.41) is 22.6. The van der Waals surface area contributed by atoms with Gasteiger partial charge in [0.1, 0.15) is 5.52 Å². The SMILES string of the molecule is COCC(CO)Nc1nc2ccc([N+](=O)[O-])cc2o1. The van der Waals surface area contributed by atoms with Crippen LogP contribution >= 0.6 is 0 Å². The molecule has 0 aliphatic carbocycles. The van der Waals surface area contributed by atoms with Gasteiger partial charge in [-0.1, -0.05) is 0 Å². The van der Waals surface area contributed by atoms with E-state index < -0.39 is 4.92 Å². The Hall–Kier alpha value is -2.19. The van der Waals surface area contributed by atoms with Crippen molar-refractivity contribution >= 4 is 22.8 Å². The Kier molecular flexibility index (Phi) is 3.93. The Morgan fingerprint density at radius 2 is 2.42 bits per heavy atom. The monoisotopic (exact) mass is 267 g/mol. The summed E-state index contributed by atoms with van der Waals surface area (Å²) in [6.45, 7) is 0.141. The van der Waals surface area contributed by atoms with E-state index in [1.807, 2.05) is 0 Å². The van der Waals surface area contributed by atoms with E-state index in [1.165, 1.54) is 25.3 Å². The molecular formula is C11H13N3O5. The normalized spacial score (nSPS) is 12.5. The molecule has 0 aliphatic rings. The van der Waals surface area contributed by atoms with Crippen LogP contribution in [0.15, 0.2) is 22.6 Å². The number of aliphatic hydroxyl groups excluding tert-OH is 1. The van der Waals surface area contributed by atoms with Crippen LogP contribution in [0.1, 0.15) is 0 Å². The maximum absolute atomic E-state index is 10.6. The third-order valence-corrected chi connectivity index (χ3v) is 2.50. The van der Waals surface area contributed by atoms with E-state index in [1.54, 1.807) is 0 Å². The molecule has 1 aromatic heterocycles. The van der Waals surface area contributed by atoms with Gasteiger partial charge in [-0.2, -0.15) is 4.98 Å². The van der Waals surface area contributed by atoms with Gasteiger partial charge in [0.25, 0.3) is 11.7 Å². The van der Waals surface area contributed by atoms with Crippen molar-refractivity contribution in [1.82, 2.24) is 4.98 Å². The Balaban J connectivity index is 2.23. The number of methoxy groups -OCH3 is 1. The second kappa shape index (κ2) is 5.63. The van der Waals surface area contributed by atoms with Crippen molar-refractivity contribution in [3.05, 3.63) is 28.3 Å². The number of hydrogen-bond donors (Lipinski definition) is 2. The molecule has 0 saturated carbocycles. The number of aromatic nitrogens is 1. The topological polar surface area (TPSA) is 111 Å². The minimum Gasteiger partial charge on any atom is -0.423 e. The summed E-state index contributed by atoms with van der Waals surface area (Å²) in [6.07, 6.45) is 0. The highest BCUT2D eigenvalue weighted by atomic mass is 16.6. The van der Waals surface area contributed by atoms with Crippen LogP contribution in [0, 0.1) is 10.1 Å². The number of benzene rings is 1. The fraction of sp³-hybridized carbons (Fsp3) is 0.364. The predicted molar refractivity (Wildman–Crippen MR) is 67.0 cm³/mol. The zero-order valence-electron chi connectivity index (χ0n) is 10.2. The van der Waals surface area contributed by atoms with Gasteiger partial charge in [-0.25, -0.2) is 0 Å². The molecule has 0 saturated heterocycles. The first kappa shape index (κ1) is 13.2. The minimum absolute atomic E-state index is 0.0641. The number of rotatable bonds is 6. The highest BCUT2D eigenvalue weighted by Gasteiger charge is 2.14. The van der Waals surface area contributed by atoms with Gasteiger partial charge in [0.15, 0.2) is 5.58 Å². The van der Waals surface area contributed by atoms with E-state index in [0.29, 0.717) is 11.1 Å². The first-order valence-corrected chi connectivity index (χ1v) is 5.55. The molecule has 8 heteroatoms. The Morgan fingerprint density at radius 3 is 3.05 bits per heavy atom. The van der Waals surface area contributed by atoms with Crippen LogP contribution in [0.5, 0.6) is 0 Å². The van der Waals surface area contributed by atoms with Crippen LogP contribution in [0.2, 0.25) is 0 Å². The van der Waals surface area contributed by atoms with Crippen molar-refractivity contribution in [2.75, 3.05) is 25.6 Å². The van der Waals surface area contributed by atoms with Gasteiger partial charge >= 0.3 is 0 Å². The number of non-ortho nitro benzene ring substituents is 1. The predicted octanol–water partition coefficient (Wildman–Crippen LogP) is 1.16. The first-order chi connectivity index (χ1) is 9.13. The smallest absolute Gasteiger partial charge is 0.296 e. The lowest BCUT2D eigenvalue weighted by molar-refractivity contribution is -0.384. The third-order valence-electron chi connectivity index (χ3n) is 2.50. The van der Waals surface area contributed by atoms with E-state index in [9.17, 15) is 10.1 Å². The lowest BCUT2D eigenvalue weighted by Crippen LogP contribution is -2.28. The van der Waals surface area contributed by atoms with Gasteiger partial charge in [-0.3, -0.25) is 10.1 Å². The summed E-state index contributed by atoms with van der Waals surface area (Å²) in [5.74, 6) is 0. The van der Waals surface area contributed by atoms with Crippen LogP contribution in [-0.2, 0) is 4.74 Å². The number of fused-ring (bicyclic) bond motifs is 1. The molecule has 1 aromatic carbocycles. The fourth-order valence-electron chi connectivity index (χ4n) is 1.60. The van der Waals surface area contributed by atoms with E-state index in [2.05, 4.69) is 10.3 Å². The second-order valence-electron chi connectivity index (χ2n) is 3.91. The van der Waals surface area contributed by atoms with E-state index in [4.69, 9.17) is 14.3 Å². The molecule has 8 nitrogen and oxygen atoms in total. The van der Waals surface area contributed by atoms with Crippen LogP contribution in [0.4, 0.5) is 11.7 Å². The van der Waals surface area contributed by atoms with Crippen molar-refractivity contribution in [1.29, 1.82) is 0 Å². The number of nitro groups is 1. The van der Waals surface area contributed by atoms with Crippen LogP contribution < -0.4 is 5.32 Å². The molecular weight excluding hydrogens is 254 g/mol. The summed E-state index contributed by atoms with van der Waals surface area (Å²) in [7, 11) is 1.51. The highest BCUT2D eigenvalue weighted by molar-refractivity contribution is 5.77. The summed E-state index contributed by atoms with van der Waals surface area (Å²) in [5.41, 5.74) is 0.749. The molecule has 0 aliphatic heterocycles. The molecule has 19 heavy (non-hydrogen) atoms.